The van der Waals surface area contributed by atoms with Crippen molar-refractivity contribution in [2.24, 2.45) is 5.92 Å². The lowest BCUT2D eigenvalue weighted by molar-refractivity contribution is -0.140. The van der Waals surface area contributed by atoms with Crippen molar-refractivity contribution in [3.63, 3.8) is 0 Å². The lowest BCUT2D eigenvalue weighted by atomic mass is 10.0. The largest absolute Gasteiger partial charge is 0.374 e. The molecule has 2 aromatic carbocycles. The van der Waals surface area contributed by atoms with E-state index in [-0.39, 0.29) is 37.3 Å². The topological polar surface area (TPSA) is 155 Å². The Hall–Kier alpha value is -4.26. The highest BCUT2D eigenvalue weighted by molar-refractivity contribution is 7.91. The number of para-hydroxylation sites is 1. The van der Waals surface area contributed by atoms with Crippen LogP contribution < -0.4 is 15.4 Å². The van der Waals surface area contributed by atoms with E-state index in [4.69, 9.17) is 0 Å². The van der Waals surface area contributed by atoms with Crippen molar-refractivity contribution in [2.45, 2.75) is 93.1 Å². The van der Waals surface area contributed by atoms with Gasteiger partial charge in [-0.2, -0.15) is 15.0 Å². The smallest absolute Gasteiger partial charge is 0.259 e. The minimum atomic E-state index is -3.92. The number of aromatic nitrogens is 3. The Labute approximate surface area is 274 Å². The number of hydrogen-bond acceptors (Lipinski definition) is 8. The van der Waals surface area contributed by atoms with Crippen LogP contribution in [-0.2, 0) is 24.4 Å². The second kappa shape index (κ2) is 12.1. The fourth-order valence-electron chi connectivity index (χ4n) is 6.82. The van der Waals surface area contributed by atoms with Crippen LogP contribution in [0.25, 0.3) is 11.0 Å². The van der Waals surface area contributed by atoms with Gasteiger partial charge in [-0.25, -0.2) is 8.42 Å². The molecule has 7 rings (SSSR count). The van der Waals surface area contributed by atoms with E-state index in [1.165, 1.54) is 0 Å². The van der Waals surface area contributed by atoms with E-state index in [1.54, 1.807) is 16.6 Å². The normalized spacial score (nSPS) is 29.2. The maximum atomic E-state index is 14.4. The molecule has 4 aliphatic rings. The summed E-state index contributed by atoms with van der Waals surface area (Å²) in [5.74, 6) is -1.79. The highest BCUT2D eigenvalue weighted by Crippen LogP contribution is 2.47. The number of hydrogen-bond donors (Lipinski definition) is 3. The molecule has 3 aromatic rings. The molecule has 0 spiro atoms. The molecule has 2 aliphatic carbocycles. The second-order valence-corrected chi connectivity index (χ2v) is 15.9. The Morgan fingerprint density at radius 1 is 0.979 bits per heavy atom. The van der Waals surface area contributed by atoms with Gasteiger partial charge in [0.25, 0.3) is 5.91 Å². The molecule has 3 fully saturated rings. The number of nitrogens with one attached hydrogen (secondary N) is 3. The SMILES string of the molecule is CC1(S(=O)(=O)NC(=O)[C@@]23C[C@H]2C=CCCCCC[C@H](Nc2ccccc2)C(=O)N2C[C@H](n4nc5ccccc5n4)C[C@H]2C(=O)N3)CC1. The number of amides is 3. The highest BCUT2D eigenvalue weighted by atomic mass is 32.2. The monoisotopic (exact) mass is 659 g/mol. The van der Waals surface area contributed by atoms with Crippen molar-refractivity contribution < 1.29 is 22.8 Å². The minimum absolute atomic E-state index is 0.208. The van der Waals surface area contributed by atoms with E-state index in [2.05, 4.69) is 25.6 Å². The van der Waals surface area contributed by atoms with E-state index < -0.39 is 44.2 Å². The van der Waals surface area contributed by atoms with Gasteiger partial charge in [0, 0.05) is 24.6 Å². The molecule has 47 heavy (non-hydrogen) atoms. The van der Waals surface area contributed by atoms with Crippen LogP contribution in [0.3, 0.4) is 0 Å². The molecule has 2 aliphatic heterocycles. The number of anilines is 1. The van der Waals surface area contributed by atoms with Crippen molar-refractivity contribution in [1.82, 2.24) is 29.9 Å². The summed E-state index contributed by atoms with van der Waals surface area (Å²) in [7, 11) is -3.92. The zero-order valence-electron chi connectivity index (χ0n) is 26.5. The molecule has 1 aromatic heterocycles. The van der Waals surface area contributed by atoms with Gasteiger partial charge in [-0.3, -0.25) is 19.1 Å². The molecule has 0 unspecified atom stereocenters. The van der Waals surface area contributed by atoms with Crippen LogP contribution >= 0.6 is 0 Å². The third kappa shape index (κ3) is 6.13. The van der Waals surface area contributed by atoms with Crippen molar-refractivity contribution in [3.05, 3.63) is 66.7 Å². The number of carbonyl (C=O) groups is 3. The Balaban J connectivity index is 1.21. The second-order valence-electron chi connectivity index (χ2n) is 13.7. The van der Waals surface area contributed by atoms with Gasteiger partial charge in [-0.15, -0.1) is 0 Å². The maximum Gasteiger partial charge on any atom is 0.259 e. The first-order valence-electron chi connectivity index (χ1n) is 16.6. The van der Waals surface area contributed by atoms with Gasteiger partial charge in [0.2, 0.25) is 21.8 Å². The quantitative estimate of drug-likeness (QED) is 0.340. The molecular formula is C34H41N7O5S. The number of allylic oxidation sites excluding steroid dienone is 1. The molecule has 2 saturated carbocycles. The Morgan fingerprint density at radius 2 is 1.68 bits per heavy atom. The van der Waals surface area contributed by atoms with Crippen LogP contribution in [0.4, 0.5) is 5.69 Å². The van der Waals surface area contributed by atoms with Gasteiger partial charge in [-0.1, -0.05) is 55.3 Å². The molecule has 248 valence electrons. The molecule has 1 saturated heterocycles. The molecule has 0 radical (unpaired) electrons. The maximum absolute atomic E-state index is 14.4. The van der Waals surface area contributed by atoms with Crippen LogP contribution in [0.1, 0.15) is 70.8 Å². The van der Waals surface area contributed by atoms with Crippen LogP contribution in [0.15, 0.2) is 66.7 Å². The average molecular weight is 660 g/mol. The minimum Gasteiger partial charge on any atom is -0.374 e. The third-order valence-electron chi connectivity index (χ3n) is 10.2. The van der Waals surface area contributed by atoms with Crippen LogP contribution in [0.2, 0.25) is 0 Å². The lowest BCUT2D eigenvalue weighted by Crippen LogP contribution is -2.58. The van der Waals surface area contributed by atoms with E-state index >= 15 is 0 Å². The fraction of sp³-hybridized carbons (Fsp3) is 0.500. The van der Waals surface area contributed by atoms with Crippen molar-refractivity contribution in [2.75, 3.05) is 11.9 Å². The van der Waals surface area contributed by atoms with Gasteiger partial charge in [-0.05, 0) is 69.7 Å². The van der Waals surface area contributed by atoms with Crippen molar-refractivity contribution in [1.29, 1.82) is 0 Å². The summed E-state index contributed by atoms with van der Waals surface area (Å²) in [5, 5.41) is 15.7. The molecule has 5 atom stereocenters. The highest BCUT2D eigenvalue weighted by Gasteiger charge is 2.63. The summed E-state index contributed by atoms with van der Waals surface area (Å²) in [4.78, 5) is 45.6. The summed E-state index contributed by atoms with van der Waals surface area (Å²) in [6.45, 7) is 1.83. The Kier molecular flexibility index (Phi) is 8.05. The number of rotatable bonds is 6. The summed E-state index contributed by atoms with van der Waals surface area (Å²) < 4.78 is 27.4. The standard InChI is InChI=1S/C34H41N7O5S/c1-33(18-19-33)47(45,46)39-32(44)34-21-23(34)12-6-3-2-4-9-17-28(35-24-13-7-5-8-14-24)31(43)40-22-25(20-29(40)30(42)36-34)41-37-26-15-10-11-16-27(26)38-41/h5-8,10-16,23,25,28-29,35H,2-4,9,17-22H2,1H3,(H,36,42)(H,39,44)/t23-,25-,28+,29+,34-/m1/s1. The zero-order chi connectivity index (χ0) is 32.8. The van der Waals surface area contributed by atoms with Gasteiger partial charge < -0.3 is 15.5 Å². The number of benzene rings is 2. The van der Waals surface area contributed by atoms with Crippen molar-refractivity contribution in [3.8, 4) is 0 Å². The van der Waals surface area contributed by atoms with E-state index in [0.29, 0.717) is 30.3 Å². The summed E-state index contributed by atoms with van der Waals surface area (Å²) in [5.41, 5.74) is 0.819. The Morgan fingerprint density at radius 3 is 2.38 bits per heavy atom. The molecule has 3 heterocycles. The van der Waals surface area contributed by atoms with E-state index in [9.17, 15) is 22.8 Å². The fourth-order valence-corrected chi connectivity index (χ4v) is 8.13. The zero-order valence-corrected chi connectivity index (χ0v) is 27.3. The van der Waals surface area contributed by atoms with E-state index in [1.807, 2.05) is 66.7 Å². The summed E-state index contributed by atoms with van der Waals surface area (Å²) >= 11 is 0. The van der Waals surface area contributed by atoms with Crippen LogP contribution in [-0.4, -0.2) is 74.9 Å². The van der Waals surface area contributed by atoms with Crippen LogP contribution in [0, 0.1) is 5.92 Å². The summed E-state index contributed by atoms with van der Waals surface area (Å²) in [6, 6.07) is 15.2. The number of sulfonamides is 1. The molecule has 3 amide bonds. The molecule has 13 heteroatoms. The number of fused-ring (bicyclic) bond motifs is 3. The predicted octanol–water partition coefficient (Wildman–Crippen LogP) is 3.45. The average Bonchev–Trinajstić information content (AvgIpc) is 3.84. The molecule has 12 nitrogen and oxygen atoms in total. The first kappa shape index (κ1) is 31.3. The summed E-state index contributed by atoms with van der Waals surface area (Å²) in [6.07, 6.45) is 9.41. The van der Waals surface area contributed by atoms with Gasteiger partial charge in [0.15, 0.2) is 0 Å². The first-order valence-corrected chi connectivity index (χ1v) is 18.1. The van der Waals surface area contributed by atoms with Gasteiger partial charge in [0.05, 0.1) is 10.8 Å². The predicted molar refractivity (Wildman–Crippen MR) is 176 cm³/mol. The van der Waals surface area contributed by atoms with Crippen LogP contribution in [0.5, 0.6) is 0 Å². The Bertz CT molecular complexity index is 1790. The van der Waals surface area contributed by atoms with E-state index in [0.717, 1.165) is 31.4 Å². The van der Waals surface area contributed by atoms with Crippen molar-refractivity contribution >= 4 is 44.5 Å². The van der Waals surface area contributed by atoms with Gasteiger partial charge in [0.1, 0.15) is 28.7 Å². The molecule has 0 bridgehead atoms. The number of carbonyl (C=O) groups excluding carboxylic acids is 3. The first-order chi connectivity index (χ1) is 22.6. The molecular weight excluding hydrogens is 618 g/mol. The number of nitrogens with zero attached hydrogens (tertiary/aromatic N) is 4. The lowest BCUT2D eigenvalue weighted by Gasteiger charge is -2.30. The third-order valence-corrected chi connectivity index (χ3v) is 12.4. The molecule has 3 N–H and O–H groups in total. The van der Waals surface area contributed by atoms with Gasteiger partial charge >= 0.3 is 0 Å².